The molecule has 4 nitrogen and oxygen atoms in total. The van der Waals surface area contributed by atoms with Crippen LogP contribution < -0.4 is 5.32 Å². The standard InChI is InChI=1S/C24H47NO3/c1-6-8-9-10-11-12-13-14-15-16-17-18-19-20-22(26)21(7-2)25-23(27)28-24(3,4)5/h21H,6-20H2,1-5H3,(H,25,27). The predicted octanol–water partition coefficient (Wildman–Crippen LogP) is 7.34. The molecule has 0 bridgehead atoms. The molecular formula is C24H47NO3. The van der Waals surface area contributed by atoms with Gasteiger partial charge >= 0.3 is 6.09 Å². The number of carbonyl (C=O) groups is 2. The summed E-state index contributed by atoms with van der Waals surface area (Å²) in [4.78, 5) is 24.1. The van der Waals surface area contributed by atoms with Crippen LogP contribution in [-0.2, 0) is 9.53 Å². The van der Waals surface area contributed by atoms with E-state index >= 15 is 0 Å². The molecule has 0 radical (unpaired) electrons. The zero-order chi connectivity index (χ0) is 21.3. The van der Waals surface area contributed by atoms with E-state index in [0.717, 1.165) is 12.8 Å². The smallest absolute Gasteiger partial charge is 0.408 e. The Bertz CT molecular complexity index is 401. The van der Waals surface area contributed by atoms with E-state index in [2.05, 4.69) is 12.2 Å². The van der Waals surface area contributed by atoms with E-state index in [1.54, 1.807) is 0 Å². The molecule has 0 rings (SSSR count). The molecule has 0 fully saturated rings. The van der Waals surface area contributed by atoms with Crippen molar-refractivity contribution >= 4 is 11.9 Å². The van der Waals surface area contributed by atoms with Crippen LogP contribution in [0.2, 0.25) is 0 Å². The lowest BCUT2D eigenvalue weighted by Crippen LogP contribution is -2.43. The van der Waals surface area contributed by atoms with Crippen LogP contribution in [-0.4, -0.2) is 23.5 Å². The van der Waals surface area contributed by atoms with Gasteiger partial charge in [-0.1, -0.05) is 90.9 Å². The summed E-state index contributed by atoms with van der Waals surface area (Å²) in [7, 11) is 0. The van der Waals surface area contributed by atoms with E-state index < -0.39 is 17.7 Å². The maximum Gasteiger partial charge on any atom is 0.408 e. The van der Waals surface area contributed by atoms with Gasteiger partial charge in [0.15, 0.2) is 5.78 Å². The van der Waals surface area contributed by atoms with Crippen LogP contribution >= 0.6 is 0 Å². The Morgan fingerprint density at radius 2 is 1.18 bits per heavy atom. The summed E-state index contributed by atoms with van der Waals surface area (Å²) in [6.45, 7) is 9.65. The number of ketones is 1. The third-order valence-corrected chi connectivity index (χ3v) is 5.01. The number of ether oxygens (including phenoxy) is 1. The van der Waals surface area contributed by atoms with Crippen molar-refractivity contribution in [3.8, 4) is 0 Å². The lowest BCUT2D eigenvalue weighted by molar-refractivity contribution is -0.121. The molecule has 0 aliphatic carbocycles. The van der Waals surface area contributed by atoms with Crippen LogP contribution in [0, 0.1) is 0 Å². The first-order valence-corrected chi connectivity index (χ1v) is 11.8. The van der Waals surface area contributed by atoms with Gasteiger partial charge in [0, 0.05) is 6.42 Å². The van der Waals surface area contributed by atoms with E-state index in [1.165, 1.54) is 70.6 Å². The van der Waals surface area contributed by atoms with E-state index in [-0.39, 0.29) is 5.78 Å². The van der Waals surface area contributed by atoms with Gasteiger partial charge in [0.25, 0.3) is 0 Å². The average molecular weight is 398 g/mol. The molecule has 166 valence electrons. The minimum absolute atomic E-state index is 0.122. The Hall–Kier alpha value is -1.06. The molecule has 1 N–H and O–H groups in total. The highest BCUT2D eigenvalue weighted by atomic mass is 16.6. The summed E-state index contributed by atoms with van der Waals surface area (Å²) in [6, 6.07) is -0.424. The number of hydrogen-bond acceptors (Lipinski definition) is 3. The second kappa shape index (κ2) is 16.9. The number of amides is 1. The van der Waals surface area contributed by atoms with E-state index in [0.29, 0.717) is 12.8 Å². The fraction of sp³-hybridized carbons (Fsp3) is 0.917. The number of nitrogens with one attached hydrogen (secondary N) is 1. The molecule has 0 saturated heterocycles. The Balaban J connectivity index is 3.63. The van der Waals surface area contributed by atoms with Crippen LogP contribution in [0.25, 0.3) is 0 Å². The van der Waals surface area contributed by atoms with Crippen molar-refractivity contribution in [1.82, 2.24) is 5.32 Å². The van der Waals surface area contributed by atoms with Gasteiger partial charge in [-0.15, -0.1) is 0 Å². The monoisotopic (exact) mass is 397 g/mol. The summed E-state index contributed by atoms with van der Waals surface area (Å²) in [5, 5.41) is 2.71. The number of rotatable bonds is 17. The number of carbonyl (C=O) groups excluding carboxylic acids is 2. The summed E-state index contributed by atoms with van der Waals surface area (Å²) in [6.07, 6.45) is 17.5. The number of alkyl carbamates (subject to hydrolysis) is 1. The molecule has 0 aromatic carbocycles. The average Bonchev–Trinajstić information content (AvgIpc) is 2.61. The summed E-state index contributed by atoms with van der Waals surface area (Å²) >= 11 is 0. The Morgan fingerprint density at radius 1 is 0.750 bits per heavy atom. The Kier molecular flexibility index (Phi) is 16.2. The van der Waals surface area contributed by atoms with Gasteiger partial charge in [-0.05, 0) is 33.6 Å². The molecule has 1 unspecified atom stereocenters. The second-order valence-corrected chi connectivity index (χ2v) is 9.07. The first kappa shape index (κ1) is 26.9. The molecular weight excluding hydrogens is 350 g/mol. The first-order valence-electron chi connectivity index (χ1n) is 11.8. The summed E-state index contributed by atoms with van der Waals surface area (Å²) < 4.78 is 5.24. The second-order valence-electron chi connectivity index (χ2n) is 9.07. The van der Waals surface area contributed by atoms with Crippen molar-refractivity contribution in [1.29, 1.82) is 0 Å². The van der Waals surface area contributed by atoms with Gasteiger partial charge in [0.2, 0.25) is 0 Å². The van der Waals surface area contributed by atoms with Crippen LogP contribution in [0.4, 0.5) is 4.79 Å². The zero-order valence-corrected chi connectivity index (χ0v) is 19.4. The van der Waals surface area contributed by atoms with Crippen molar-refractivity contribution < 1.29 is 14.3 Å². The Morgan fingerprint density at radius 3 is 1.57 bits per heavy atom. The quantitative estimate of drug-likeness (QED) is 0.261. The summed E-state index contributed by atoms with van der Waals surface area (Å²) in [5.41, 5.74) is -0.541. The van der Waals surface area contributed by atoms with E-state index in [4.69, 9.17) is 4.74 Å². The minimum Gasteiger partial charge on any atom is -0.444 e. The molecule has 4 heteroatoms. The molecule has 0 saturated carbocycles. The lowest BCUT2D eigenvalue weighted by Gasteiger charge is -2.22. The lowest BCUT2D eigenvalue weighted by atomic mass is 10.0. The van der Waals surface area contributed by atoms with Crippen LogP contribution in [0.1, 0.15) is 131 Å². The highest BCUT2D eigenvalue weighted by Gasteiger charge is 2.22. The maximum atomic E-state index is 12.3. The summed E-state index contributed by atoms with van der Waals surface area (Å²) in [5.74, 6) is 0.122. The van der Waals surface area contributed by atoms with Gasteiger partial charge in [-0.2, -0.15) is 0 Å². The molecule has 0 aliphatic heterocycles. The third kappa shape index (κ3) is 17.1. The predicted molar refractivity (Wildman–Crippen MR) is 119 cm³/mol. The zero-order valence-electron chi connectivity index (χ0n) is 19.4. The maximum absolute atomic E-state index is 12.3. The van der Waals surface area contributed by atoms with Gasteiger partial charge in [0.1, 0.15) is 5.60 Å². The van der Waals surface area contributed by atoms with E-state index in [9.17, 15) is 9.59 Å². The number of Topliss-reactive ketones (excluding diaryl/α,β-unsaturated/α-hetero) is 1. The van der Waals surface area contributed by atoms with Crippen LogP contribution in [0.15, 0.2) is 0 Å². The SMILES string of the molecule is CCCCCCCCCCCCCCCC(=O)C(CC)NC(=O)OC(C)(C)C. The minimum atomic E-state index is -0.541. The van der Waals surface area contributed by atoms with Crippen molar-refractivity contribution in [3.63, 3.8) is 0 Å². The van der Waals surface area contributed by atoms with Crippen molar-refractivity contribution in [2.75, 3.05) is 0 Å². The van der Waals surface area contributed by atoms with Gasteiger partial charge in [-0.25, -0.2) is 4.79 Å². The molecule has 1 amide bonds. The largest absolute Gasteiger partial charge is 0.444 e. The van der Waals surface area contributed by atoms with Gasteiger partial charge in [0.05, 0.1) is 6.04 Å². The van der Waals surface area contributed by atoms with Crippen molar-refractivity contribution in [2.24, 2.45) is 0 Å². The fourth-order valence-corrected chi connectivity index (χ4v) is 3.35. The third-order valence-electron chi connectivity index (χ3n) is 5.01. The number of unbranched alkanes of at least 4 members (excludes halogenated alkanes) is 12. The highest BCUT2D eigenvalue weighted by molar-refractivity contribution is 5.87. The Labute approximate surface area is 174 Å². The van der Waals surface area contributed by atoms with Crippen LogP contribution in [0.5, 0.6) is 0 Å². The molecule has 28 heavy (non-hydrogen) atoms. The van der Waals surface area contributed by atoms with E-state index in [1.807, 2.05) is 27.7 Å². The molecule has 0 aliphatic rings. The van der Waals surface area contributed by atoms with Gasteiger partial charge < -0.3 is 10.1 Å². The normalized spacial score (nSPS) is 12.6. The first-order chi connectivity index (χ1) is 13.3. The molecule has 1 atom stereocenters. The molecule has 0 spiro atoms. The molecule has 0 heterocycles. The van der Waals surface area contributed by atoms with Crippen molar-refractivity contribution in [2.45, 2.75) is 143 Å². The van der Waals surface area contributed by atoms with Gasteiger partial charge in [-0.3, -0.25) is 4.79 Å². The molecule has 0 aromatic heterocycles. The number of hydrogen-bond donors (Lipinski definition) is 1. The van der Waals surface area contributed by atoms with Crippen LogP contribution in [0.3, 0.4) is 0 Å². The fourth-order valence-electron chi connectivity index (χ4n) is 3.35. The topological polar surface area (TPSA) is 55.4 Å². The van der Waals surface area contributed by atoms with Crippen molar-refractivity contribution in [3.05, 3.63) is 0 Å². The highest BCUT2D eigenvalue weighted by Crippen LogP contribution is 2.14. The molecule has 0 aromatic rings.